The Kier molecular flexibility index (Phi) is 8.40. The van der Waals surface area contributed by atoms with Gasteiger partial charge in [-0.2, -0.15) is 4.98 Å². The smallest absolute Gasteiger partial charge is 0.351 e. The maximum absolute atomic E-state index is 12.7. The zero-order valence-electron chi connectivity index (χ0n) is 20.5. The molecule has 2 aromatic rings. The molecule has 2 heterocycles. The molecule has 0 fully saturated rings. The number of anilines is 1. The number of ether oxygens (including phenoxy) is 2. The van der Waals surface area contributed by atoms with Crippen LogP contribution in [0.15, 0.2) is 59.2 Å². The number of nitrogens with one attached hydrogen (secondary N) is 1. The highest BCUT2D eigenvalue weighted by molar-refractivity contribution is 7.98. The Balaban J connectivity index is 1.73. The molecule has 3 rings (SSSR count). The van der Waals surface area contributed by atoms with Gasteiger partial charge in [0.1, 0.15) is 23.6 Å². The van der Waals surface area contributed by atoms with Gasteiger partial charge in [-0.1, -0.05) is 39.0 Å². The number of benzene rings is 1. The number of carbonyl (C=O) groups is 1. The van der Waals surface area contributed by atoms with Gasteiger partial charge in [-0.15, -0.1) is 11.8 Å². The molecule has 1 aliphatic heterocycles. The predicted molar refractivity (Wildman–Crippen MR) is 138 cm³/mol. The fraction of sp³-hybridized carbons (Fsp3) is 0.458. The first-order chi connectivity index (χ1) is 16.0. The summed E-state index contributed by atoms with van der Waals surface area (Å²) >= 11 is 1.55. The highest BCUT2D eigenvalue weighted by Crippen LogP contribution is 2.37. The average Bonchev–Trinajstić information content (AvgIpc) is 3.19. The zero-order chi connectivity index (χ0) is 24.9. The molecule has 10 heteroatoms. The third kappa shape index (κ3) is 6.38. The standard InChI is InChI=1S/C24H33N3O5SSi/c1-24(2,3)34(5,6)31-15-19-18(30-16-33-4)14-21(32-19)27-13-12-20(26-23(27)29)25-22(28)17-10-8-7-9-11-17/h7-14,19,21H,15-16H2,1-6H3,(H,25,26,28,29)/t19-,21-/m1/s1. The molecule has 0 bridgehead atoms. The molecule has 184 valence electrons. The maximum Gasteiger partial charge on any atom is 0.351 e. The monoisotopic (exact) mass is 503 g/mol. The number of hydrogen-bond donors (Lipinski definition) is 1. The van der Waals surface area contributed by atoms with Crippen molar-refractivity contribution in [1.82, 2.24) is 9.55 Å². The molecule has 0 aliphatic carbocycles. The Hall–Kier alpha value is -2.40. The summed E-state index contributed by atoms with van der Waals surface area (Å²) in [5, 5.41) is 2.72. The van der Waals surface area contributed by atoms with Crippen LogP contribution in [0.4, 0.5) is 5.82 Å². The van der Waals surface area contributed by atoms with Gasteiger partial charge in [0.2, 0.25) is 0 Å². The first kappa shape index (κ1) is 26.2. The fourth-order valence-corrected chi connectivity index (χ4v) is 4.27. The lowest BCUT2D eigenvalue weighted by molar-refractivity contribution is -0.0264. The van der Waals surface area contributed by atoms with E-state index in [1.54, 1.807) is 54.4 Å². The van der Waals surface area contributed by atoms with E-state index < -0.39 is 26.3 Å². The lowest BCUT2D eigenvalue weighted by Gasteiger charge is -2.37. The molecule has 1 aliphatic rings. The minimum atomic E-state index is -1.99. The van der Waals surface area contributed by atoms with E-state index >= 15 is 0 Å². The fourth-order valence-electron chi connectivity index (χ4n) is 3.01. The molecule has 1 aromatic carbocycles. The van der Waals surface area contributed by atoms with Crippen LogP contribution in [0.2, 0.25) is 18.1 Å². The molecule has 0 saturated heterocycles. The van der Waals surface area contributed by atoms with Crippen molar-refractivity contribution in [3.05, 3.63) is 70.5 Å². The Morgan fingerprint density at radius 3 is 2.56 bits per heavy atom. The summed E-state index contributed by atoms with van der Waals surface area (Å²) in [7, 11) is -1.99. The summed E-state index contributed by atoms with van der Waals surface area (Å²) in [6.45, 7) is 11.3. The minimum Gasteiger partial charge on any atom is -0.485 e. The molecule has 0 saturated carbocycles. The SMILES string of the molecule is CSCOC1=C[C@H](n2ccc(NC(=O)c3ccccc3)nc2=O)O[C@@H]1CO[Si](C)(C)C(C)(C)C. The quantitative estimate of drug-likeness (QED) is 0.394. The molecule has 34 heavy (non-hydrogen) atoms. The van der Waals surface area contributed by atoms with Crippen molar-refractivity contribution in [2.45, 2.75) is 51.2 Å². The Bertz CT molecular complexity index is 1080. The van der Waals surface area contributed by atoms with E-state index in [9.17, 15) is 9.59 Å². The van der Waals surface area contributed by atoms with Crippen molar-refractivity contribution < 1.29 is 18.7 Å². The molecule has 1 N–H and O–H groups in total. The van der Waals surface area contributed by atoms with Gasteiger partial charge < -0.3 is 19.2 Å². The van der Waals surface area contributed by atoms with E-state index in [2.05, 4.69) is 44.2 Å². The van der Waals surface area contributed by atoms with Crippen LogP contribution < -0.4 is 11.0 Å². The van der Waals surface area contributed by atoms with Crippen LogP contribution >= 0.6 is 11.8 Å². The number of hydrogen-bond acceptors (Lipinski definition) is 7. The normalized spacial score (nSPS) is 18.5. The highest BCUT2D eigenvalue weighted by atomic mass is 32.2. The van der Waals surface area contributed by atoms with Crippen molar-refractivity contribution in [2.24, 2.45) is 0 Å². The summed E-state index contributed by atoms with van der Waals surface area (Å²) in [6, 6.07) is 10.3. The summed E-state index contributed by atoms with van der Waals surface area (Å²) in [6.07, 6.45) is 4.19. The van der Waals surface area contributed by atoms with E-state index in [-0.39, 0.29) is 16.8 Å². The predicted octanol–water partition coefficient (Wildman–Crippen LogP) is 4.64. The first-order valence-electron chi connectivity index (χ1n) is 11.1. The number of nitrogens with zero attached hydrogens (tertiary/aromatic N) is 2. The van der Waals surface area contributed by atoms with Gasteiger partial charge in [-0.25, -0.2) is 4.79 Å². The van der Waals surface area contributed by atoms with Crippen molar-refractivity contribution in [3.63, 3.8) is 0 Å². The summed E-state index contributed by atoms with van der Waals surface area (Å²) in [4.78, 5) is 29.1. The van der Waals surface area contributed by atoms with Crippen LogP contribution in [0.5, 0.6) is 0 Å². The molecule has 0 unspecified atom stereocenters. The number of thioether (sulfide) groups is 1. The number of amides is 1. The maximum atomic E-state index is 12.7. The molecule has 1 amide bonds. The molecule has 0 radical (unpaired) electrons. The topological polar surface area (TPSA) is 91.7 Å². The largest absolute Gasteiger partial charge is 0.485 e. The second kappa shape index (κ2) is 10.9. The number of aromatic nitrogens is 2. The Morgan fingerprint density at radius 1 is 1.24 bits per heavy atom. The minimum absolute atomic E-state index is 0.0654. The summed E-state index contributed by atoms with van der Waals surface area (Å²) < 4.78 is 19.7. The van der Waals surface area contributed by atoms with Crippen molar-refractivity contribution >= 4 is 31.8 Å². The molecular weight excluding hydrogens is 470 g/mol. The van der Waals surface area contributed by atoms with Crippen molar-refractivity contribution in [1.29, 1.82) is 0 Å². The first-order valence-corrected chi connectivity index (χ1v) is 15.4. The highest BCUT2D eigenvalue weighted by Gasteiger charge is 2.39. The third-order valence-corrected chi connectivity index (χ3v) is 10.9. The van der Waals surface area contributed by atoms with Crippen LogP contribution in [0, 0.1) is 0 Å². The van der Waals surface area contributed by atoms with Gasteiger partial charge >= 0.3 is 5.69 Å². The zero-order valence-corrected chi connectivity index (χ0v) is 22.3. The molecule has 0 spiro atoms. The molecule has 8 nitrogen and oxygen atoms in total. The third-order valence-electron chi connectivity index (χ3n) is 6.05. The van der Waals surface area contributed by atoms with E-state index in [4.69, 9.17) is 13.9 Å². The molecular formula is C24H33N3O5SSi. The van der Waals surface area contributed by atoms with Crippen LogP contribution in [-0.4, -0.2) is 48.7 Å². The lowest BCUT2D eigenvalue weighted by Crippen LogP contribution is -2.43. The van der Waals surface area contributed by atoms with E-state index in [0.29, 0.717) is 23.9 Å². The second-order valence-electron chi connectivity index (χ2n) is 9.53. The van der Waals surface area contributed by atoms with Crippen LogP contribution in [0.3, 0.4) is 0 Å². The lowest BCUT2D eigenvalue weighted by atomic mass is 10.2. The van der Waals surface area contributed by atoms with Crippen LogP contribution in [0.1, 0.15) is 37.4 Å². The van der Waals surface area contributed by atoms with Crippen molar-refractivity contribution in [2.75, 3.05) is 24.1 Å². The number of carbonyl (C=O) groups excluding carboxylic acids is 1. The van der Waals surface area contributed by atoms with E-state index in [1.165, 1.54) is 4.57 Å². The average molecular weight is 504 g/mol. The van der Waals surface area contributed by atoms with E-state index in [1.807, 2.05) is 12.3 Å². The van der Waals surface area contributed by atoms with Gasteiger partial charge in [-0.3, -0.25) is 9.36 Å². The van der Waals surface area contributed by atoms with Crippen molar-refractivity contribution in [3.8, 4) is 0 Å². The van der Waals surface area contributed by atoms with Gasteiger partial charge in [0.05, 0.1) is 6.61 Å². The Labute approximate surface area is 205 Å². The van der Waals surface area contributed by atoms with Crippen LogP contribution in [-0.2, 0) is 13.9 Å². The summed E-state index contributed by atoms with van der Waals surface area (Å²) in [5.74, 6) is 0.953. The molecule has 1 aromatic heterocycles. The van der Waals surface area contributed by atoms with Gasteiger partial charge in [0, 0.05) is 17.8 Å². The van der Waals surface area contributed by atoms with Gasteiger partial charge in [-0.05, 0) is 42.6 Å². The molecule has 2 atom stereocenters. The number of rotatable bonds is 9. The van der Waals surface area contributed by atoms with E-state index in [0.717, 1.165) is 0 Å². The van der Waals surface area contributed by atoms with Crippen LogP contribution in [0.25, 0.3) is 0 Å². The van der Waals surface area contributed by atoms with Gasteiger partial charge in [0.15, 0.2) is 14.5 Å². The summed E-state index contributed by atoms with van der Waals surface area (Å²) in [5.41, 5.74) is -0.0574. The van der Waals surface area contributed by atoms with Gasteiger partial charge in [0.25, 0.3) is 5.91 Å². The second-order valence-corrected chi connectivity index (χ2v) is 15.2. The Morgan fingerprint density at radius 2 is 1.94 bits per heavy atom.